The number of aromatic nitrogens is 2. The molecule has 2 aromatic rings. The highest BCUT2D eigenvalue weighted by molar-refractivity contribution is 5.85. The molecule has 2 rings (SSSR count). The molecule has 0 spiro atoms. The second kappa shape index (κ2) is 15.6. The van der Waals surface area contributed by atoms with Crippen LogP contribution in [0.25, 0.3) is 0 Å². The van der Waals surface area contributed by atoms with E-state index < -0.39 is 12.0 Å². The highest BCUT2D eigenvalue weighted by atomic mass is 16.5. The zero-order chi connectivity index (χ0) is 23.8. The molecule has 9 nitrogen and oxygen atoms in total. The molecule has 2 N–H and O–H groups in total. The Bertz CT molecular complexity index is 783. The molecule has 0 saturated heterocycles. The fraction of sp³-hybridized carbons (Fsp3) is 0.478. The molecule has 0 saturated carbocycles. The van der Waals surface area contributed by atoms with Crippen LogP contribution in [0.3, 0.4) is 0 Å². The first kappa shape index (κ1) is 26.8. The lowest BCUT2D eigenvalue weighted by molar-refractivity contribution is -0.152. The van der Waals surface area contributed by atoms with Gasteiger partial charge in [-0.3, -0.25) is 14.5 Å². The number of ether oxygens (including phenoxy) is 1. The maximum absolute atomic E-state index is 12.8. The minimum atomic E-state index is -0.612. The summed E-state index contributed by atoms with van der Waals surface area (Å²) in [5.41, 5.74) is 2.23. The number of aryl methyl sites for hydroxylation is 2. The predicted octanol–water partition coefficient (Wildman–Crippen LogP) is 2.00. The maximum atomic E-state index is 12.8. The van der Waals surface area contributed by atoms with E-state index in [0.717, 1.165) is 31.6 Å². The number of likely N-dealkylation sites (N-methyl/N-ethyl adjacent to an activating group) is 2. The summed E-state index contributed by atoms with van der Waals surface area (Å²) in [5, 5.41) is 6.89. The molecule has 0 aliphatic heterocycles. The van der Waals surface area contributed by atoms with Crippen molar-refractivity contribution < 1.29 is 24.2 Å². The van der Waals surface area contributed by atoms with Gasteiger partial charge in [-0.15, -0.1) is 0 Å². The number of methoxy groups -OCH3 is 1. The fourth-order valence-corrected chi connectivity index (χ4v) is 3.30. The van der Waals surface area contributed by atoms with Crippen molar-refractivity contribution >= 4 is 18.3 Å². The number of esters is 1. The van der Waals surface area contributed by atoms with Crippen molar-refractivity contribution in [3.05, 3.63) is 54.1 Å². The molecule has 1 amide bonds. The number of amides is 1. The molecular weight excluding hydrogens is 412 g/mol. The largest absolute Gasteiger partial charge is 0.483 e. The molecule has 0 bridgehead atoms. The Hall–Kier alpha value is -3.20. The van der Waals surface area contributed by atoms with E-state index in [0.29, 0.717) is 19.4 Å². The number of nitrogens with zero attached hydrogens (tertiary/aromatic N) is 3. The zero-order valence-electron chi connectivity index (χ0n) is 19.1. The first-order valence-corrected chi connectivity index (χ1v) is 10.6. The smallest absolute Gasteiger partial charge is 0.328 e. The number of benzene rings is 1. The molecule has 176 valence electrons. The van der Waals surface area contributed by atoms with Crippen LogP contribution in [0.4, 0.5) is 0 Å². The lowest BCUT2D eigenvalue weighted by atomic mass is 10.1. The van der Waals surface area contributed by atoms with Gasteiger partial charge in [0.2, 0.25) is 5.91 Å². The Morgan fingerprint density at radius 1 is 1.25 bits per heavy atom. The van der Waals surface area contributed by atoms with E-state index in [1.807, 2.05) is 25.1 Å². The molecule has 1 atom stereocenters. The van der Waals surface area contributed by atoms with Gasteiger partial charge in [-0.2, -0.15) is 0 Å². The number of aromatic amines is 1. The molecule has 1 unspecified atom stereocenters. The number of imidazole rings is 1. The van der Waals surface area contributed by atoms with Crippen molar-refractivity contribution in [2.24, 2.45) is 0 Å². The van der Waals surface area contributed by atoms with Gasteiger partial charge < -0.3 is 19.7 Å². The Morgan fingerprint density at radius 3 is 2.50 bits per heavy atom. The highest BCUT2D eigenvalue weighted by Crippen LogP contribution is 2.11. The van der Waals surface area contributed by atoms with Crippen LogP contribution >= 0.6 is 0 Å². The molecule has 9 heteroatoms. The van der Waals surface area contributed by atoms with Gasteiger partial charge in [0.15, 0.2) is 0 Å². The summed E-state index contributed by atoms with van der Waals surface area (Å²) in [7, 11) is 3.03. The summed E-state index contributed by atoms with van der Waals surface area (Å²) in [6.45, 7) is 3.71. The van der Waals surface area contributed by atoms with E-state index in [-0.39, 0.29) is 12.4 Å². The van der Waals surface area contributed by atoms with Crippen LogP contribution in [-0.4, -0.2) is 83.1 Å². The number of carboxylic acid groups (broad SMARTS) is 1. The second-order valence-electron chi connectivity index (χ2n) is 7.22. The standard InChI is InChI=1S/C22H32N4O3.CH2O2/c1-4-26(14-8-11-18-9-6-5-7-10-18)16-21(27)25(2)20(22(28)29-3)13-12-19-15-23-17-24-19;2-1-3/h5-7,9-10,15,17,20H,4,8,11-14,16H2,1-3H3,(H,23,24);1H,(H,2,3). The van der Waals surface area contributed by atoms with Gasteiger partial charge in [0, 0.05) is 18.9 Å². The van der Waals surface area contributed by atoms with Gasteiger partial charge in [0.05, 0.1) is 20.0 Å². The van der Waals surface area contributed by atoms with Crippen LogP contribution in [0, 0.1) is 0 Å². The Labute approximate surface area is 189 Å². The first-order chi connectivity index (χ1) is 15.5. The topological polar surface area (TPSA) is 116 Å². The third kappa shape index (κ3) is 9.74. The van der Waals surface area contributed by atoms with E-state index in [1.165, 1.54) is 17.6 Å². The summed E-state index contributed by atoms with van der Waals surface area (Å²) >= 11 is 0. The Morgan fingerprint density at radius 2 is 1.94 bits per heavy atom. The van der Waals surface area contributed by atoms with Gasteiger partial charge in [-0.05, 0) is 44.3 Å². The lowest BCUT2D eigenvalue weighted by Gasteiger charge is -2.29. The van der Waals surface area contributed by atoms with Crippen LogP contribution in [0.1, 0.15) is 31.0 Å². The third-order valence-electron chi connectivity index (χ3n) is 5.16. The van der Waals surface area contributed by atoms with E-state index in [1.54, 1.807) is 19.6 Å². The van der Waals surface area contributed by atoms with Crippen LogP contribution in [0.2, 0.25) is 0 Å². The third-order valence-corrected chi connectivity index (χ3v) is 5.16. The normalized spacial score (nSPS) is 11.2. The van der Waals surface area contributed by atoms with Crippen molar-refractivity contribution in [2.45, 2.75) is 38.6 Å². The first-order valence-electron chi connectivity index (χ1n) is 10.6. The predicted molar refractivity (Wildman–Crippen MR) is 121 cm³/mol. The summed E-state index contributed by atoms with van der Waals surface area (Å²) in [6, 6.07) is 9.73. The fourth-order valence-electron chi connectivity index (χ4n) is 3.30. The molecular formula is C23H34N4O5. The monoisotopic (exact) mass is 446 g/mol. The Balaban J connectivity index is 0.00000161. The molecule has 1 heterocycles. The van der Waals surface area contributed by atoms with Crippen LogP contribution in [0.5, 0.6) is 0 Å². The molecule has 0 aliphatic carbocycles. The minimum absolute atomic E-state index is 0.0772. The van der Waals surface area contributed by atoms with Crippen molar-refractivity contribution in [2.75, 3.05) is 33.8 Å². The number of hydrogen-bond donors (Lipinski definition) is 2. The molecule has 1 aromatic carbocycles. The number of rotatable bonds is 12. The van der Waals surface area contributed by atoms with Crippen molar-refractivity contribution in [1.29, 1.82) is 0 Å². The Kier molecular flexibility index (Phi) is 13.1. The molecule has 1 aromatic heterocycles. The summed E-state index contributed by atoms with van der Waals surface area (Å²) in [6.07, 6.45) is 6.39. The second-order valence-corrected chi connectivity index (χ2v) is 7.22. The van der Waals surface area contributed by atoms with E-state index in [9.17, 15) is 9.59 Å². The molecule has 32 heavy (non-hydrogen) atoms. The van der Waals surface area contributed by atoms with Crippen LogP contribution in [-0.2, 0) is 32.0 Å². The van der Waals surface area contributed by atoms with Crippen LogP contribution in [0.15, 0.2) is 42.9 Å². The lowest BCUT2D eigenvalue weighted by Crippen LogP contribution is -2.47. The van der Waals surface area contributed by atoms with Crippen molar-refractivity contribution in [1.82, 2.24) is 19.8 Å². The van der Waals surface area contributed by atoms with E-state index in [4.69, 9.17) is 14.6 Å². The van der Waals surface area contributed by atoms with Crippen molar-refractivity contribution in [3.8, 4) is 0 Å². The van der Waals surface area contributed by atoms with Gasteiger partial charge in [-0.25, -0.2) is 9.78 Å². The molecule has 0 radical (unpaired) electrons. The number of H-pyrrole nitrogens is 1. The average Bonchev–Trinajstić information content (AvgIpc) is 3.33. The van der Waals surface area contributed by atoms with Gasteiger partial charge in [0.1, 0.15) is 6.04 Å². The minimum Gasteiger partial charge on any atom is -0.483 e. The summed E-state index contributed by atoms with van der Waals surface area (Å²) < 4.78 is 4.93. The van der Waals surface area contributed by atoms with Crippen molar-refractivity contribution in [3.63, 3.8) is 0 Å². The highest BCUT2D eigenvalue weighted by Gasteiger charge is 2.28. The van der Waals surface area contributed by atoms with Gasteiger partial charge >= 0.3 is 5.97 Å². The van der Waals surface area contributed by atoms with Crippen LogP contribution < -0.4 is 0 Å². The summed E-state index contributed by atoms with van der Waals surface area (Å²) in [4.78, 5) is 44.1. The average molecular weight is 447 g/mol. The number of carbonyl (C=O) groups is 3. The zero-order valence-corrected chi connectivity index (χ0v) is 19.1. The number of carbonyl (C=O) groups excluding carboxylic acids is 2. The maximum Gasteiger partial charge on any atom is 0.328 e. The van der Waals surface area contributed by atoms with Gasteiger partial charge in [-0.1, -0.05) is 37.3 Å². The van der Waals surface area contributed by atoms with E-state index in [2.05, 4.69) is 27.0 Å². The number of hydrogen-bond acceptors (Lipinski definition) is 6. The van der Waals surface area contributed by atoms with Gasteiger partial charge in [0.25, 0.3) is 6.47 Å². The molecule has 0 aliphatic rings. The SMILES string of the molecule is CCN(CCCc1ccccc1)CC(=O)N(C)C(CCc1cnc[nH]1)C(=O)OC.O=CO. The molecule has 0 fully saturated rings. The number of nitrogens with one attached hydrogen (secondary N) is 1. The quantitative estimate of drug-likeness (QED) is 0.378. The van der Waals surface area contributed by atoms with E-state index >= 15 is 0 Å². The summed E-state index contributed by atoms with van der Waals surface area (Å²) in [5.74, 6) is -0.473.